The van der Waals surface area contributed by atoms with Gasteiger partial charge in [-0.1, -0.05) is 0 Å². The Balaban J connectivity index is 2.25. The van der Waals surface area contributed by atoms with Crippen molar-refractivity contribution in [1.82, 2.24) is 0 Å². The summed E-state index contributed by atoms with van der Waals surface area (Å²) in [4.78, 5) is 24.4. The van der Waals surface area contributed by atoms with Crippen LogP contribution in [0.15, 0.2) is 29.2 Å². The summed E-state index contributed by atoms with van der Waals surface area (Å²) >= 11 is 0. The molecule has 1 aliphatic rings. The average molecular weight is 297 g/mol. The Hall–Kier alpha value is -1.89. The summed E-state index contributed by atoms with van der Waals surface area (Å²) in [7, 11) is -3.29. The van der Waals surface area contributed by atoms with E-state index in [4.69, 9.17) is 5.11 Å². The molecule has 1 atom stereocenters. The Labute approximate surface area is 116 Å². The maximum Gasteiger partial charge on any atom is 0.308 e. The Morgan fingerprint density at radius 1 is 1.30 bits per heavy atom. The molecular formula is C13H15NO5S. The Bertz CT molecular complexity index is 635. The second-order valence-corrected chi connectivity index (χ2v) is 6.86. The number of nitrogens with zero attached hydrogens (tertiary/aromatic N) is 1. The zero-order chi connectivity index (χ0) is 14.9. The molecule has 0 bridgehead atoms. The van der Waals surface area contributed by atoms with Gasteiger partial charge in [-0.15, -0.1) is 0 Å². The molecule has 108 valence electrons. The average Bonchev–Trinajstić information content (AvgIpc) is 2.38. The summed E-state index contributed by atoms with van der Waals surface area (Å²) in [5, 5.41) is 9.02. The highest BCUT2D eigenvalue weighted by atomic mass is 32.2. The highest BCUT2D eigenvalue weighted by Crippen LogP contribution is 2.25. The predicted molar refractivity (Wildman–Crippen MR) is 72.3 cm³/mol. The molecule has 0 aromatic heterocycles. The highest BCUT2D eigenvalue weighted by molar-refractivity contribution is 7.90. The summed E-state index contributed by atoms with van der Waals surface area (Å²) in [6.07, 6.45) is 1.63. The smallest absolute Gasteiger partial charge is 0.308 e. The Morgan fingerprint density at radius 3 is 2.40 bits per heavy atom. The third-order valence-electron chi connectivity index (χ3n) is 3.34. The molecular weight excluding hydrogens is 282 g/mol. The molecule has 1 aliphatic heterocycles. The molecule has 6 nitrogen and oxygen atoms in total. The van der Waals surface area contributed by atoms with Crippen molar-refractivity contribution in [2.45, 2.75) is 17.7 Å². The quantitative estimate of drug-likeness (QED) is 0.895. The molecule has 1 amide bonds. The molecule has 7 heteroatoms. The van der Waals surface area contributed by atoms with Crippen LogP contribution in [0.5, 0.6) is 0 Å². The standard InChI is InChI=1S/C13H15NO5S/c1-20(18,19)11-5-3-10(4-6-11)14-8-9(13(16)17)2-7-12(14)15/h3-6,9H,2,7-8H2,1H3,(H,16,17). The minimum absolute atomic E-state index is 0.117. The summed E-state index contributed by atoms with van der Waals surface area (Å²) in [6.45, 7) is 0.117. The van der Waals surface area contributed by atoms with Gasteiger partial charge in [0.2, 0.25) is 5.91 Å². The largest absolute Gasteiger partial charge is 0.481 e. The van der Waals surface area contributed by atoms with Gasteiger partial charge in [-0.2, -0.15) is 0 Å². The van der Waals surface area contributed by atoms with Crippen LogP contribution in [-0.4, -0.2) is 38.2 Å². The second-order valence-electron chi connectivity index (χ2n) is 4.84. The third kappa shape index (κ3) is 2.98. The molecule has 1 aromatic rings. The molecule has 2 rings (SSSR count). The minimum atomic E-state index is -3.29. The zero-order valence-electron chi connectivity index (χ0n) is 10.9. The number of piperidine rings is 1. The third-order valence-corrected chi connectivity index (χ3v) is 4.46. The molecule has 1 saturated heterocycles. The van der Waals surface area contributed by atoms with Crippen LogP contribution in [0.1, 0.15) is 12.8 Å². The topological polar surface area (TPSA) is 91.8 Å². The maximum absolute atomic E-state index is 11.9. The van der Waals surface area contributed by atoms with Crippen molar-refractivity contribution in [3.8, 4) is 0 Å². The second kappa shape index (κ2) is 5.24. The fraction of sp³-hybridized carbons (Fsp3) is 0.385. The number of hydrogen-bond donors (Lipinski definition) is 1. The lowest BCUT2D eigenvalue weighted by Gasteiger charge is -2.30. The molecule has 0 saturated carbocycles. The van der Waals surface area contributed by atoms with Crippen LogP contribution in [0.3, 0.4) is 0 Å². The van der Waals surface area contributed by atoms with E-state index < -0.39 is 21.7 Å². The van der Waals surface area contributed by atoms with E-state index in [1.807, 2.05) is 0 Å². The predicted octanol–water partition coefficient (Wildman–Crippen LogP) is 0.918. The number of carboxylic acids is 1. The van der Waals surface area contributed by atoms with Crippen molar-refractivity contribution in [3.63, 3.8) is 0 Å². The van der Waals surface area contributed by atoms with Crippen LogP contribution in [-0.2, 0) is 19.4 Å². The van der Waals surface area contributed by atoms with Crippen LogP contribution >= 0.6 is 0 Å². The van der Waals surface area contributed by atoms with Crippen molar-refractivity contribution in [2.24, 2.45) is 5.92 Å². The van der Waals surface area contributed by atoms with Gasteiger partial charge in [0.15, 0.2) is 9.84 Å². The fourth-order valence-electron chi connectivity index (χ4n) is 2.17. The van der Waals surface area contributed by atoms with Crippen LogP contribution in [0.2, 0.25) is 0 Å². The summed E-state index contributed by atoms with van der Waals surface area (Å²) in [5.41, 5.74) is 0.522. The number of carbonyl (C=O) groups is 2. The normalized spacial score (nSPS) is 19.9. The van der Waals surface area contributed by atoms with Gasteiger partial charge in [0, 0.05) is 24.9 Å². The molecule has 1 fully saturated rings. The lowest BCUT2D eigenvalue weighted by atomic mass is 9.97. The van der Waals surface area contributed by atoms with Gasteiger partial charge in [-0.25, -0.2) is 8.42 Å². The van der Waals surface area contributed by atoms with Gasteiger partial charge in [-0.05, 0) is 30.7 Å². The first-order valence-corrected chi connectivity index (χ1v) is 8.01. The van der Waals surface area contributed by atoms with E-state index in [1.54, 1.807) is 0 Å². The number of benzene rings is 1. The summed E-state index contributed by atoms with van der Waals surface area (Å²) in [6, 6.07) is 5.89. The zero-order valence-corrected chi connectivity index (χ0v) is 11.8. The van der Waals surface area contributed by atoms with Crippen molar-refractivity contribution in [3.05, 3.63) is 24.3 Å². The van der Waals surface area contributed by atoms with Crippen molar-refractivity contribution >= 4 is 27.4 Å². The number of carbonyl (C=O) groups excluding carboxylic acids is 1. The van der Waals surface area contributed by atoms with Crippen LogP contribution < -0.4 is 4.90 Å². The number of carboxylic acid groups (broad SMARTS) is 1. The van der Waals surface area contributed by atoms with Gasteiger partial charge in [-0.3, -0.25) is 9.59 Å². The lowest BCUT2D eigenvalue weighted by molar-refractivity contribution is -0.142. The van der Waals surface area contributed by atoms with E-state index in [9.17, 15) is 18.0 Å². The first kappa shape index (κ1) is 14.5. The molecule has 1 N–H and O–H groups in total. The van der Waals surface area contributed by atoms with E-state index in [1.165, 1.54) is 29.2 Å². The van der Waals surface area contributed by atoms with Crippen LogP contribution in [0.4, 0.5) is 5.69 Å². The van der Waals surface area contributed by atoms with Crippen molar-refractivity contribution < 1.29 is 23.1 Å². The molecule has 1 aromatic carbocycles. The van der Waals surface area contributed by atoms with E-state index in [0.29, 0.717) is 12.1 Å². The number of hydrogen-bond acceptors (Lipinski definition) is 4. The lowest BCUT2D eigenvalue weighted by Crippen LogP contribution is -2.42. The molecule has 1 heterocycles. The molecule has 20 heavy (non-hydrogen) atoms. The summed E-state index contributed by atoms with van der Waals surface area (Å²) in [5.74, 6) is -1.65. The van der Waals surface area contributed by atoms with E-state index >= 15 is 0 Å². The Morgan fingerprint density at radius 2 is 1.90 bits per heavy atom. The van der Waals surface area contributed by atoms with Gasteiger partial charge < -0.3 is 10.0 Å². The molecule has 1 unspecified atom stereocenters. The number of rotatable bonds is 3. The number of amides is 1. The van der Waals surface area contributed by atoms with Gasteiger partial charge in [0.25, 0.3) is 0 Å². The van der Waals surface area contributed by atoms with Gasteiger partial charge in [0.1, 0.15) is 0 Å². The van der Waals surface area contributed by atoms with E-state index in [-0.39, 0.29) is 23.8 Å². The van der Waals surface area contributed by atoms with E-state index in [0.717, 1.165) is 6.26 Å². The van der Waals surface area contributed by atoms with Gasteiger partial charge >= 0.3 is 5.97 Å². The summed E-state index contributed by atoms with van der Waals surface area (Å²) < 4.78 is 22.7. The number of aliphatic carboxylic acids is 1. The van der Waals surface area contributed by atoms with Crippen LogP contribution in [0.25, 0.3) is 0 Å². The highest BCUT2D eigenvalue weighted by Gasteiger charge is 2.30. The van der Waals surface area contributed by atoms with Crippen molar-refractivity contribution in [1.29, 1.82) is 0 Å². The molecule has 0 spiro atoms. The maximum atomic E-state index is 11.9. The first-order valence-electron chi connectivity index (χ1n) is 6.12. The fourth-order valence-corrected chi connectivity index (χ4v) is 2.80. The SMILES string of the molecule is CS(=O)(=O)c1ccc(N2CC(C(=O)O)CCC2=O)cc1. The van der Waals surface area contributed by atoms with Crippen molar-refractivity contribution in [2.75, 3.05) is 17.7 Å². The Kier molecular flexibility index (Phi) is 3.80. The first-order chi connectivity index (χ1) is 9.29. The van der Waals surface area contributed by atoms with Crippen LogP contribution in [0, 0.1) is 5.92 Å². The monoisotopic (exact) mass is 297 g/mol. The number of sulfone groups is 1. The van der Waals surface area contributed by atoms with E-state index in [2.05, 4.69) is 0 Å². The van der Waals surface area contributed by atoms with Gasteiger partial charge in [0.05, 0.1) is 10.8 Å². The molecule has 0 aliphatic carbocycles. The minimum Gasteiger partial charge on any atom is -0.481 e. The number of anilines is 1. The molecule has 0 radical (unpaired) electrons.